The van der Waals surface area contributed by atoms with E-state index in [4.69, 9.17) is 17.7 Å². The number of nitrogens with zero attached hydrogens (tertiary/aromatic N) is 1. The van der Waals surface area contributed by atoms with Crippen molar-refractivity contribution in [1.82, 2.24) is 5.06 Å². The number of unbranched alkanes of at least 4 members (excludes halogenated alkanes) is 22. The highest BCUT2D eigenvalue weighted by atomic mass is 31.2. The van der Waals surface area contributed by atoms with Crippen molar-refractivity contribution in [2.45, 2.75) is 206 Å². The Morgan fingerprint density at radius 2 is 0.940 bits per heavy atom. The zero-order valence-electron chi connectivity index (χ0n) is 36.9. The summed E-state index contributed by atoms with van der Waals surface area (Å²) >= 11 is 0. The first-order valence-electron chi connectivity index (χ1n) is 22.5. The molecule has 0 aromatic carbocycles. The molecular weight excluding hydrogens is 661 g/mol. The number of ether oxygens (including phenoxy) is 2. The Kier molecular flexibility index (Phi) is 27.0. The molecule has 50 heavy (non-hydrogen) atoms. The van der Waals surface area contributed by atoms with Gasteiger partial charge in [-0.15, -0.1) is 0 Å². The Bertz CT molecular complexity index is 953. The van der Waals surface area contributed by atoms with Gasteiger partial charge in [0.2, 0.25) is 6.61 Å². The first kappa shape index (κ1) is 38.6. The van der Waals surface area contributed by atoms with Crippen LogP contribution in [0.15, 0.2) is 0 Å². The van der Waals surface area contributed by atoms with E-state index >= 15 is 0 Å². The van der Waals surface area contributed by atoms with Crippen LogP contribution in [-0.4, -0.2) is 75.5 Å². The monoisotopic (exact) mass is 744 g/mol. The average molecular weight is 744 g/mol. The van der Waals surface area contributed by atoms with Crippen molar-refractivity contribution in [2.24, 2.45) is 0 Å². The minimum Gasteiger partial charge on any atom is -0.463 e. The lowest BCUT2D eigenvalue weighted by Gasteiger charge is -2.25. The van der Waals surface area contributed by atoms with Crippen LogP contribution >= 0.6 is 7.82 Å². The molecule has 0 aliphatic carbocycles. The molecule has 0 aromatic heterocycles. The standard InChI is InChI=1S/C38H76NO10P/c1-3-5-7-9-11-13-15-17-19-21-23-25-27-29-37(42)47-33-35(40)31-39(49-50(44,45)46)32-36(41)34-48-38(43)30-28-26-24-22-20-18-16-14-12-10-8-6-4-2/h35-36,40-41H,3-34H2,1-2H3,(H2,44,45,46)/q+1/t35-,36-/m0/s1/i1D3,2D3. The molecule has 0 bridgehead atoms. The van der Waals surface area contributed by atoms with E-state index in [2.05, 4.69) is 4.62 Å². The molecule has 0 fully saturated rings. The Labute approximate surface area is 313 Å². The van der Waals surface area contributed by atoms with E-state index in [9.17, 15) is 34.2 Å². The van der Waals surface area contributed by atoms with Crippen LogP contribution in [-0.2, 0) is 28.3 Å². The first-order chi connectivity index (χ1) is 26.4. The second kappa shape index (κ2) is 35.0. The molecule has 0 spiro atoms. The number of rotatable bonds is 38. The third-order valence-corrected chi connectivity index (χ3v) is 8.98. The number of phosphoric acid groups is 1. The lowest BCUT2D eigenvalue weighted by Crippen LogP contribution is -2.40. The first-order valence-corrected chi connectivity index (χ1v) is 21.1. The quantitative estimate of drug-likeness (QED) is 0.0157. The summed E-state index contributed by atoms with van der Waals surface area (Å²) in [6.45, 7) is -5.45. The topological polar surface area (TPSA) is 166 Å². The van der Waals surface area contributed by atoms with Crippen LogP contribution in [0.4, 0.5) is 0 Å². The Hall–Kier alpha value is -1.07. The largest absolute Gasteiger partial charge is 0.574 e. The van der Waals surface area contributed by atoms with Crippen molar-refractivity contribution in [1.29, 1.82) is 0 Å². The van der Waals surface area contributed by atoms with Gasteiger partial charge in [-0.05, 0) is 12.8 Å². The maximum atomic E-state index is 12.1. The van der Waals surface area contributed by atoms with E-state index in [1.165, 1.54) is 12.8 Å². The summed E-state index contributed by atoms with van der Waals surface area (Å²) < 4.78 is 69.6. The Balaban J connectivity index is 3.98. The fourth-order valence-corrected chi connectivity index (χ4v) is 6.15. The zero-order valence-corrected chi connectivity index (χ0v) is 31.8. The molecule has 297 valence electrons. The number of hydroxylamine groups is 2. The van der Waals surface area contributed by atoms with Gasteiger partial charge in [0.25, 0.3) is 0 Å². The molecule has 0 saturated carbocycles. The van der Waals surface area contributed by atoms with Gasteiger partial charge in [-0.25, -0.2) is 4.57 Å². The zero-order chi connectivity index (χ0) is 42.1. The molecule has 0 amide bonds. The molecule has 0 aromatic rings. The van der Waals surface area contributed by atoms with E-state index in [0.29, 0.717) is 30.7 Å². The fourth-order valence-electron chi connectivity index (χ4n) is 5.71. The Morgan fingerprint density at radius 1 is 0.600 bits per heavy atom. The number of carbonyl (C=O) groups is 2. The molecule has 12 heteroatoms. The van der Waals surface area contributed by atoms with Crippen molar-refractivity contribution >= 4 is 19.8 Å². The maximum absolute atomic E-state index is 12.1. The van der Waals surface area contributed by atoms with Gasteiger partial charge in [0, 0.05) is 19.4 Å². The second-order valence-corrected chi connectivity index (χ2v) is 14.7. The third-order valence-electron chi connectivity index (χ3n) is 8.54. The summed E-state index contributed by atoms with van der Waals surface area (Å²) in [7, 11) is -5.04. The highest BCUT2D eigenvalue weighted by Crippen LogP contribution is 2.37. The summed E-state index contributed by atoms with van der Waals surface area (Å²) in [5, 5.41) is 21.3. The van der Waals surface area contributed by atoms with Crippen LogP contribution in [0.5, 0.6) is 0 Å². The molecule has 0 aliphatic rings. The van der Waals surface area contributed by atoms with Crippen LogP contribution in [0.25, 0.3) is 0 Å². The van der Waals surface area contributed by atoms with Crippen molar-refractivity contribution < 1.29 is 56.5 Å². The molecule has 0 unspecified atom stereocenters. The van der Waals surface area contributed by atoms with Crippen LogP contribution in [0.1, 0.15) is 202 Å². The molecule has 0 heterocycles. The van der Waals surface area contributed by atoms with Gasteiger partial charge >= 0.3 is 19.8 Å². The van der Waals surface area contributed by atoms with Gasteiger partial charge in [-0.3, -0.25) is 4.79 Å². The molecule has 4 N–H and O–H groups in total. The molecule has 11 nitrogen and oxygen atoms in total. The second-order valence-electron chi connectivity index (χ2n) is 13.6. The smallest absolute Gasteiger partial charge is 0.463 e. The summed E-state index contributed by atoms with van der Waals surface area (Å²) in [6.07, 6.45) is 22.6. The van der Waals surface area contributed by atoms with E-state index in [-0.39, 0.29) is 12.8 Å². The SMILES string of the molecule is [2H]C([2H])([2H])CCCCCCCCCCCCCCC(=O)OC[C@@H](O)CN(C[C@H](O)COC(=[O+])CCCCCCCCCCCCCCC([2H])([2H])[2H])OP(=O)(O)O. The summed E-state index contributed by atoms with van der Waals surface area (Å²) in [5.74, 6) is -0.996. The van der Waals surface area contributed by atoms with Crippen molar-refractivity contribution in [3.63, 3.8) is 0 Å². The minimum atomic E-state index is -5.04. The fraction of sp³-hybridized carbons (Fsp3) is 0.947. The van der Waals surface area contributed by atoms with E-state index in [0.717, 1.165) is 128 Å². The number of hydrogen-bond acceptors (Lipinski definition) is 9. The minimum absolute atomic E-state index is 0.183. The highest BCUT2D eigenvalue weighted by Gasteiger charge is 2.28. The van der Waals surface area contributed by atoms with Crippen molar-refractivity contribution in [3.05, 3.63) is 0 Å². The molecule has 0 rings (SSSR count). The summed E-state index contributed by atoms with van der Waals surface area (Å²) in [6, 6.07) is 0. The van der Waals surface area contributed by atoms with Crippen LogP contribution < -0.4 is 0 Å². The average Bonchev–Trinajstić information content (AvgIpc) is 3.08. The van der Waals surface area contributed by atoms with E-state index in [1.54, 1.807) is 0 Å². The van der Waals surface area contributed by atoms with Gasteiger partial charge in [-0.2, -0.15) is 9.69 Å². The summed E-state index contributed by atoms with van der Waals surface area (Å²) in [5.41, 5.74) is 0. The van der Waals surface area contributed by atoms with Gasteiger partial charge in [0.15, 0.2) is 0 Å². The Morgan fingerprint density at radius 3 is 1.32 bits per heavy atom. The predicted molar refractivity (Wildman–Crippen MR) is 199 cm³/mol. The molecule has 0 aliphatic heterocycles. The lowest BCUT2D eigenvalue weighted by molar-refractivity contribution is -0.158. The number of esters is 2. The van der Waals surface area contributed by atoms with Crippen molar-refractivity contribution in [3.8, 4) is 0 Å². The van der Waals surface area contributed by atoms with Crippen LogP contribution in [0.2, 0.25) is 0 Å². The summed E-state index contributed by atoms with van der Waals surface area (Å²) in [4.78, 5) is 42.8. The number of hydrogen-bond donors (Lipinski definition) is 4. The molecule has 0 saturated heterocycles. The van der Waals surface area contributed by atoms with Gasteiger partial charge in [0.05, 0.1) is 13.1 Å². The van der Waals surface area contributed by atoms with Crippen LogP contribution in [0.3, 0.4) is 0 Å². The maximum Gasteiger partial charge on any atom is 0.574 e. The van der Waals surface area contributed by atoms with E-state index < -0.39 is 72.0 Å². The number of carbonyl (C=O) groups excluding carboxylic acids is 2. The third kappa shape index (κ3) is 36.7. The number of aliphatic hydroxyl groups is 2. The number of aliphatic hydroxyl groups excluding tert-OH is 2. The molecule has 1 radical (unpaired) electrons. The van der Waals surface area contributed by atoms with Gasteiger partial charge in [-0.1, -0.05) is 168 Å². The van der Waals surface area contributed by atoms with Gasteiger partial charge in [0.1, 0.15) is 25.2 Å². The van der Waals surface area contributed by atoms with Crippen LogP contribution in [0, 0.1) is 0 Å². The lowest BCUT2D eigenvalue weighted by atomic mass is 10.0. The van der Waals surface area contributed by atoms with Crippen molar-refractivity contribution in [2.75, 3.05) is 26.3 Å². The normalized spacial score (nSPS) is 15.4. The highest BCUT2D eigenvalue weighted by molar-refractivity contribution is 7.46. The predicted octanol–water partition coefficient (Wildman–Crippen LogP) is 9.08. The van der Waals surface area contributed by atoms with Gasteiger partial charge < -0.3 is 29.5 Å². The molecular formula is C38H76NO10P+. The molecule has 2 atom stereocenters. The van der Waals surface area contributed by atoms with E-state index in [1.807, 2.05) is 0 Å².